The average molecular weight is 120 g/mol. The third-order valence-corrected chi connectivity index (χ3v) is 1.11. The maximum Gasteiger partial charge on any atom is 0.102 e. The van der Waals surface area contributed by atoms with Crippen molar-refractivity contribution in [2.24, 2.45) is 0 Å². The Balaban J connectivity index is 2.83. The Kier molecular flexibility index (Phi) is 4.60. The van der Waals surface area contributed by atoms with Crippen LogP contribution in [0.4, 0.5) is 0 Å². The Labute approximate surface area is 50.1 Å². The van der Waals surface area contributed by atoms with Crippen LogP contribution in [0.5, 0.6) is 0 Å². The van der Waals surface area contributed by atoms with Crippen LogP contribution in [0, 0.1) is 0 Å². The first kappa shape index (κ1) is 7.27. The smallest absolute Gasteiger partial charge is 0.102 e. The van der Waals surface area contributed by atoms with E-state index in [-0.39, 0.29) is 5.50 Å². The summed E-state index contributed by atoms with van der Waals surface area (Å²) >= 11 is 4.09. The summed E-state index contributed by atoms with van der Waals surface area (Å²) in [5.41, 5.74) is 0.144. The molecule has 0 aromatic carbocycles. The fourth-order valence-electron chi connectivity index (χ4n) is 0.295. The second kappa shape index (κ2) is 4.43. The predicted molar refractivity (Wildman–Crippen MR) is 35.5 cm³/mol. The van der Waals surface area contributed by atoms with Crippen LogP contribution in [0.2, 0.25) is 0 Å². The number of nitrogens with one attached hydrogen (secondary N) is 2. The van der Waals surface area contributed by atoms with Crippen molar-refractivity contribution in [2.75, 3.05) is 13.6 Å². The molecule has 1 atom stereocenters. The largest absolute Gasteiger partial charge is 0.297 e. The number of rotatable bonds is 3. The van der Waals surface area contributed by atoms with E-state index in [2.05, 4.69) is 23.3 Å². The van der Waals surface area contributed by atoms with E-state index in [9.17, 15) is 0 Å². The van der Waals surface area contributed by atoms with Crippen LogP contribution in [-0.2, 0) is 0 Å². The van der Waals surface area contributed by atoms with Gasteiger partial charge in [0.05, 0.1) is 0 Å². The third kappa shape index (κ3) is 4.12. The van der Waals surface area contributed by atoms with E-state index >= 15 is 0 Å². The standard InChI is InChI=1S/C4H12N2S/c1-3-6-4(7)5-2/h4-7H,3H2,1-2H3. The summed E-state index contributed by atoms with van der Waals surface area (Å²) in [6, 6.07) is 0. The highest BCUT2D eigenvalue weighted by Crippen LogP contribution is 1.77. The van der Waals surface area contributed by atoms with Crippen molar-refractivity contribution in [2.45, 2.75) is 12.4 Å². The molecule has 2 N–H and O–H groups in total. The van der Waals surface area contributed by atoms with E-state index in [1.54, 1.807) is 0 Å². The molecule has 0 amide bonds. The summed E-state index contributed by atoms with van der Waals surface area (Å²) in [6.45, 7) is 3.00. The molecule has 1 unspecified atom stereocenters. The second-order valence-electron chi connectivity index (χ2n) is 1.25. The molecule has 0 aromatic rings. The van der Waals surface area contributed by atoms with Gasteiger partial charge in [-0.15, -0.1) is 12.6 Å². The Hall–Kier alpha value is 0.270. The molecule has 0 bridgehead atoms. The van der Waals surface area contributed by atoms with Gasteiger partial charge in [-0.1, -0.05) is 6.92 Å². The van der Waals surface area contributed by atoms with E-state index in [1.807, 2.05) is 14.0 Å². The van der Waals surface area contributed by atoms with Crippen LogP contribution < -0.4 is 10.6 Å². The van der Waals surface area contributed by atoms with Gasteiger partial charge in [0.1, 0.15) is 5.50 Å². The Morgan fingerprint density at radius 1 is 1.71 bits per heavy atom. The number of thiol groups is 1. The van der Waals surface area contributed by atoms with Gasteiger partial charge in [-0.3, -0.25) is 10.6 Å². The highest BCUT2D eigenvalue weighted by atomic mass is 32.1. The SMILES string of the molecule is CCNC(S)NC. The van der Waals surface area contributed by atoms with Crippen molar-refractivity contribution in [3.63, 3.8) is 0 Å². The first-order chi connectivity index (χ1) is 3.31. The summed E-state index contributed by atoms with van der Waals surface area (Å²) in [5.74, 6) is 0. The summed E-state index contributed by atoms with van der Waals surface area (Å²) in [4.78, 5) is 0. The van der Waals surface area contributed by atoms with Crippen molar-refractivity contribution < 1.29 is 0 Å². The summed E-state index contributed by atoms with van der Waals surface area (Å²) in [6.07, 6.45) is 0. The van der Waals surface area contributed by atoms with Crippen molar-refractivity contribution in [1.29, 1.82) is 0 Å². The van der Waals surface area contributed by atoms with E-state index in [0.29, 0.717) is 0 Å². The van der Waals surface area contributed by atoms with Gasteiger partial charge in [-0.2, -0.15) is 0 Å². The van der Waals surface area contributed by atoms with Crippen molar-refractivity contribution >= 4 is 12.6 Å². The van der Waals surface area contributed by atoms with Crippen molar-refractivity contribution in [3.05, 3.63) is 0 Å². The monoisotopic (exact) mass is 120 g/mol. The summed E-state index contributed by atoms with van der Waals surface area (Å²) in [5, 5.41) is 5.97. The Morgan fingerprint density at radius 2 is 2.29 bits per heavy atom. The summed E-state index contributed by atoms with van der Waals surface area (Å²) in [7, 11) is 1.86. The zero-order valence-corrected chi connectivity index (χ0v) is 5.63. The first-order valence-electron chi connectivity index (χ1n) is 2.40. The minimum atomic E-state index is 0.144. The Morgan fingerprint density at radius 3 is 2.43 bits per heavy atom. The van der Waals surface area contributed by atoms with Gasteiger partial charge < -0.3 is 0 Å². The minimum absolute atomic E-state index is 0.144. The lowest BCUT2D eigenvalue weighted by molar-refractivity contribution is 0.613. The highest BCUT2D eigenvalue weighted by molar-refractivity contribution is 7.80. The Bertz CT molecular complexity index is 40.7. The molecule has 0 aliphatic heterocycles. The molecule has 2 nitrogen and oxygen atoms in total. The fourth-order valence-corrected chi connectivity index (χ4v) is 0.478. The molecule has 0 saturated heterocycles. The molecule has 0 aliphatic carbocycles. The van der Waals surface area contributed by atoms with E-state index < -0.39 is 0 Å². The molecule has 7 heavy (non-hydrogen) atoms. The zero-order chi connectivity index (χ0) is 5.70. The van der Waals surface area contributed by atoms with Gasteiger partial charge in [0.2, 0.25) is 0 Å². The topological polar surface area (TPSA) is 24.1 Å². The molecule has 0 rings (SSSR count). The average Bonchev–Trinajstić information content (AvgIpc) is 1.68. The van der Waals surface area contributed by atoms with E-state index in [0.717, 1.165) is 6.54 Å². The fraction of sp³-hybridized carbons (Fsp3) is 1.00. The molecule has 0 radical (unpaired) electrons. The number of hydrogen-bond acceptors (Lipinski definition) is 3. The van der Waals surface area contributed by atoms with Crippen LogP contribution >= 0.6 is 12.6 Å². The van der Waals surface area contributed by atoms with Gasteiger partial charge in [-0.25, -0.2) is 0 Å². The molecule has 0 aromatic heterocycles. The molecule has 0 saturated carbocycles. The normalized spacial score (nSPS) is 14.1. The zero-order valence-electron chi connectivity index (χ0n) is 4.73. The van der Waals surface area contributed by atoms with Gasteiger partial charge in [0, 0.05) is 0 Å². The molecule has 3 heteroatoms. The van der Waals surface area contributed by atoms with E-state index in [4.69, 9.17) is 0 Å². The quantitative estimate of drug-likeness (QED) is 0.361. The van der Waals surface area contributed by atoms with Gasteiger partial charge in [-0.05, 0) is 13.6 Å². The third-order valence-electron chi connectivity index (χ3n) is 0.671. The molecular weight excluding hydrogens is 108 g/mol. The maximum atomic E-state index is 4.09. The first-order valence-corrected chi connectivity index (χ1v) is 2.91. The summed E-state index contributed by atoms with van der Waals surface area (Å²) < 4.78 is 0. The maximum absolute atomic E-state index is 4.09. The lowest BCUT2D eigenvalue weighted by atomic mass is 10.7. The van der Waals surface area contributed by atoms with Crippen LogP contribution in [0.1, 0.15) is 6.92 Å². The van der Waals surface area contributed by atoms with Gasteiger partial charge >= 0.3 is 0 Å². The van der Waals surface area contributed by atoms with Gasteiger partial charge in [0.15, 0.2) is 0 Å². The van der Waals surface area contributed by atoms with Crippen LogP contribution in [0.25, 0.3) is 0 Å². The molecule has 0 fully saturated rings. The lowest BCUT2D eigenvalue weighted by Crippen LogP contribution is -2.34. The van der Waals surface area contributed by atoms with Crippen LogP contribution in [0.15, 0.2) is 0 Å². The highest BCUT2D eigenvalue weighted by Gasteiger charge is 1.89. The lowest BCUT2D eigenvalue weighted by Gasteiger charge is -2.07. The number of hydrogen-bond donors (Lipinski definition) is 3. The molecule has 0 heterocycles. The van der Waals surface area contributed by atoms with Crippen molar-refractivity contribution in [1.82, 2.24) is 10.6 Å². The minimum Gasteiger partial charge on any atom is -0.297 e. The van der Waals surface area contributed by atoms with Gasteiger partial charge in [0.25, 0.3) is 0 Å². The predicted octanol–water partition coefficient (Wildman–Crippen LogP) is 0.0287. The molecular formula is C4H12N2S. The van der Waals surface area contributed by atoms with Crippen LogP contribution in [0.3, 0.4) is 0 Å². The molecule has 0 spiro atoms. The second-order valence-corrected chi connectivity index (χ2v) is 1.77. The van der Waals surface area contributed by atoms with Crippen LogP contribution in [-0.4, -0.2) is 19.1 Å². The molecule has 44 valence electrons. The van der Waals surface area contributed by atoms with Crippen molar-refractivity contribution in [3.8, 4) is 0 Å². The molecule has 0 aliphatic rings. The van der Waals surface area contributed by atoms with E-state index in [1.165, 1.54) is 0 Å².